The van der Waals surface area contributed by atoms with Crippen molar-refractivity contribution >= 4 is 5.97 Å². The van der Waals surface area contributed by atoms with Crippen molar-refractivity contribution in [3.8, 4) is 0 Å². The van der Waals surface area contributed by atoms with Gasteiger partial charge >= 0.3 is 5.97 Å². The van der Waals surface area contributed by atoms with Crippen LogP contribution in [0.25, 0.3) is 0 Å². The third kappa shape index (κ3) is 3.05. The Morgan fingerprint density at radius 3 is 2.90 bits per heavy atom. The van der Waals surface area contributed by atoms with Crippen LogP contribution in [-0.4, -0.2) is 20.9 Å². The third-order valence-corrected chi connectivity index (χ3v) is 3.41. The fourth-order valence-electron chi connectivity index (χ4n) is 2.16. The molecule has 0 saturated carbocycles. The van der Waals surface area contributed by atoms with Gasteiger partial charge in [0.05, 0.1) is 11.9 Å². The van der Waals surface area contributed by atoms with Crippen molar-refractivity contribution in [1.29, 1.82) is 0 Å². The van der Waals surface area contributed by atoms with Gasteiger partial charge < -0.3 is 10.4 Å². The van der Waals surface area contributed by atoms with Gasteiger partial charge in [-0.15, -0.1) is 0 Å². The Labute approximate surface area is 118 Å². The Kier molecular flexibility index (Phi) is 4.20. The molecule has 0 aliphatic carbocycles. The number of nitrogens with one attached hydrogen (secondary N) is 1. The minimum atomic E-state index is -0.946. The first-order valence-corrected chi connectivity index (χ1v) is 6.53. The summed E-state index contributed by atoms with van der Waals surface area (Å²) in [5.74, 6) is -0.946. The van der Waals surface area contributed by atoms with Gasteiger partial charge in [0.1, 0.15) is 5.56 Å². The minimum Gasteiger partial charge on any atom is -0.478 e. The molecule has 20 heavy (non-hydrogen) atoms. The highest BCUT2D eigenvalue weighted by Crippen LogP contribution is 2.15. The molecule has 0 aliphatic rings. The molecule has 0 amide bonds. The average Bonchev–Trinajstić information content (AvgIpc) is 2.77. The highest BCUT2D eigenvalue weighted by molar-refractivity contribution is 5.88. The van der Waals surface area contributed by atoms with E-state index in [1.165, 1.54) is 17.3 Å². The van der Waals surface area contributed by atoms with Gasteiger partial charge in [-0.1, -0.05) is 29.8 Å². The molecular weight excluding hydrogens is 254 g/mol. The number of carboxylic acids is 1. The van der Waals surface area contributed by atoms with Crippen LogP contribution in [0.4, 0.5) is 0 Å². The smallest absolute Gasteiger partial charge is 0.339 e. The van der Waals surface area contributed by atoms with Crippen molar-refractivity contribution < 1.29 is 9.90 Å². The Bertz CT molecular complexity index is 619. The van der Waals surface area contributed by atoms with Crippen LogP contribution in [0.5, 0.6) is 0 Å². The molecule has 0 radical (unpaired) electrons. The van der Waals surface area contributed by atoms with Crippen molar-refractivity contribution in [2.75, 3.05) is 0 Å². The Morgan fingerprint density at radius 1 is 1.50 bits per heavy atom. The van der Waals surface area contributed by atoms with Crippen LogP contribution < -0.4 is 5.32 Å². The largest absolute Gasteiger partial charge is 0.478 e. The number of aromatic nitrogens is 2. The number of hydrogen-bond donors (Lipinski definition) is 2. The molecular formula is C15H19N3O2. The minimum absolute atomic E-state index is 0.145. The first kappa shape index (κ1) is 14.3. The summed E-state index contributed by atoms with van der Waals surface area (Å²) in [6.07, 6.45) is 1.39. The van der Waals surface area contributed by atoms with E-state index in [9.17, 15) is 4.79 Å². The van der Waals surface area contributed by atoms with Crippen molar-refractivity contribution in [3.63, 3.8) is 0 Å². The lowest BCUT2D eigenvalue weighted by Gasteiger charge is -2.15. The number of rotatable bonds is 5. The summed E-state index contributed by atoms with van der Waals surface area (Å²) in [6, 6.07) is 8.41. The van der Waals surface area contributed by atoms with Crippen LogP contribution in [0.15, 0.2) is 30.5 Å². The van der Waals surface area contributed by atoms with E-state index in [1.54, 1.807) is 11.7 Å². The highest BCUT2D eigenvalue weighted by atomic mass is 16.4. The monoisotopic (exact) mass is 273 g/mol. The molecule has 1 aromatic heterocycles. The molecule has 5 heteroatoms. The predicted octanol–water partition coefficient (Wildman–Crippen LogP) is 2.28. The van der Waals surface area contributed by atoms with Gasteiger partial charge in [-0.2, -0.15) is 5.10 Å². The molecule has 0 fully saturated rings. The van der Waals surface area contributed by atoms with Crippen LogP contribution in [0.3, 0.4) is 0 Å². The molecule has 0 unspecified atom stereocenters. The summed E-state index contributed by atoms with van der Waals surface area (Å²) in [7, 11) is 1.75. The van der Waals surface area contributed by atoms with Crippen molar-refractivity contribution in [2.24, 2.45) is 7.05 Å². The first-order valence-electron chi connectivity index (χ1n) is 6.53. The summed E-state index contributed by atoms with van der Waals surface area (Å²) in [4.78, 5) is 11.1. The van der Waals surface area contributed by atoms with Crippen molar-refractivity contribution in [2.45, 2.75) is 26.4 Å². The van der Waals surface area contributed by atoms with Crippen molar-refractivity contribution in [1.82, 2.24) is 15.1 Å². The van der Waals surface area contributed by atoms with Gasteiger partial charge in [-0.25, -0.2) is 4.79 Å². The Balaban J connectivity index is 2.09. The second kappa shape index (κ2) is 5.88. The highest BCUT2D eigenvalue weighted by Gasteiger charge is 2.15. The van der Waals surface area contributed by atoms with Crippen LogP contribution in [0.1, 0.15) is 40.1 Å². The fraction of sp³-hybridized carbons (Fsp3) is 0.333. The van der Waals surface area contributed by atoms with Gasteiger partial charge in [0.25, 0.3) is 0 Å². The summed E-state index contributed by atoms with van der Waals surface area (Å²) < 4.78 is 1.60. The van der Waals surface area contributed by atoms with Crippen LogP contribution in [0, 0.1) is 6.92 Å². The van der Waals surface area contributed by atoms with Gasteiger partial charge in [-0.05, 0) is 19.4 Å². The maximum Gasteiger partial charge on any atom is 0.339 e. The van der Waals surface area contributed by atoms with Gasteiger partial charge in [0, 0.05) is 19.6 Å². The topological polar surface area (TPSA) is 67.2 Å². The van der Waals surface area contributed by atoms with E-state index < -0.39 is 5.97 Å². The van der Waals surface area contributed by atoms with E-state index in [-0.39, 0.29) is 11.6 Å². The van der Waals surface area contributed by atoms with Gasteiger partial charge in [0.2, 0.25) is 0 Å². The Morgan fingerprint density at radius 2 is 2.25 bits per heavy atom. The van der Waals surface area contributed by atoms with E-state index >= 15 is 0 Å². The van der Waals surface area contributed by atoms with Gasteiger partial charge in [-0.3, -0.25) is 4.68 Å². The number of nitrogens with zero attached hydrogens (tertiary/aromatic N) is 2. The SMILES string of the molecule is Cc1cccc([C@H](C)NCc2c(C(=O)O)cnn2C)c1. The molecule has 106 valence electrons. The fourth-order valence-corrected chi connectivity index (χ4v) is 2.16. The number of aryl methyl sites for hydroxylation is 2. The number of hydrogen-bond acceptors (Lipinski definition) is 3. The summed E-state index contributed by atoms with van der Waals surface area (Å²) >= 11 is 0. The number of carbonyl (C=O) groups is 1. The number of benzene rings is 1. The average molecular weight is 273 g/mol. The molecule has 5 nitrogen and oxygen atoms in total. The second-order valence-corrected chi connectivity index (χ2v) is 4.95. The molecule has 2 aromatic rings. The zero-order valence-corrected chi connectivity index (χ0v) is 11.9. The maximum atomic E-state index is 11.1. The summed E-state index contributed by atoms with van der Waals surface area (Å²) in [5, 5.41) is 16.5. The lowest BCUT2D eigenvalue weighted by Crippen LogP contribution is -2.21. The van der Waals surface area contributed by atoms with E-state index in [2.05, 4.69) is 42.5 Å². The molecule has 0 spiro atoms. The summed E-state index contributed by atoms with van der Waals surface area (Å²) in [6.45, 7) is 4.58. The molecule has 0 bridgehead atoms. The third-order valence-electron chi connectivity index (χ3n) is 3.41. The van der Waals surface area contributed by atoms with Crippen LogP contribution in [0.2, 0.25) is 0 Å². The predicted molar refractivity (Wildman–Crippen MR) is 76.6 cm³/mol. The molecule has 0 saturated heterocycles. The van der Waals surface area contributed by atoms with Crippen molar-refractivity contribution in [3.05, 3.63) is 52.8 Å². The van der Waals surface area contributed by atoms with Crippen LogP contribution in [-0.2, 0) is 13.6 Å². The van der Waals surface area contributed by atoms with E-state index in [0.717, 1.165) is 0 Å². The lowest BCUT2D eigenvalue weighted by atomic mass is 10.1. The molecule has 1 aromatic carbocycles. The molecule has 2 rings (SSSR count). The zero-order valence-electron chi connectivity index (χ0n) is 11.9. The van der Waals surface area contributed by atoms with E-state index in [0.29, 0.717) is 12.2 Å². The zero-order chi connectivity index (χ0) is 14.7. The molecule has 1 heterocycles. The van der Waals surface area contributed by atoms with Gasteiger partial charge in [0.15, 0.2) is 0 Å². The number of carboxylic acid groups (broad SMARTS) is 1. The molecule has 1 atom stereocenters. The van der Waals surface area contributed by atoms with E-state index in [4.69, 9.17) is 5.11 Å². The summed E-state index contributed by atoms with van der Waals surface area (Å²) in [5.41, 5.74) is 3.32. The lowest BCUT2D eigenvalue weighted by molar-refractivity contribution is 0.0695. The normalized spacial score (nSPS) is 12.3. The van der Waals surface area contributed by atoms with Crippen LogP contribution >= 0.6 is 0 Å². The first-order chi connectivity index (χ1) is 9.49. The Hall–Kier alpha value is -2.14. The standard InChI is InChI=1S/C15H19N3O2/c1-10-5-4-6-12(7-10)11(2)16-9-14-13(15(19)20)8-17-18(14)3/h4-8,11,16H,9H2,1-3H3,(H,19,20)/t11-/m0/s1. The number of aromatic carboxylic acids is 1. The molecule has 0 aliphatic heterocycles. The van der Waals surface area contributed by atoms with E-state index in [1.807, 2.05) is 6.07 Å². The quantitative estimate of drug-likeness (QED) is 0.877. The second-order valence-electron chi connectivity index (χ2n) is 4.95. The maximum absolute atomic E-state index is 11.1. The molecule has 2 N–H and O–H groups in total.